The summed E-state index contributed by atoms with van der Waals surface area (Å²) in [4.78, 5) is 36.0. The van der Waals surface area contributed by atoms with Gasteiger partial charge in [-0.3, -0.25) is 9.59 Å². The highest BCUT2D eigenvalue weighted by atomic mass is 16.5. The summed E-state index contributed by atoms with van der Waals surface area (Å²) in [6.07, 6.45) is 1.33. The van der Waals surface area contributed by atoms with Crippen LogP contribution in [0.2, 0.25) is 0 Å². The molecular formula is C28H34N2O5. The number of rotatable bonds is 10. The fourth-order valence-electron chi connectivity index (χ4n) is 5.30. The highest BCUT2D eigenvalue weighted by molar-refractivity contribution is 5.80. The van der Waals surface area contributed by atoms with E-state index in [1.807, 2.05) is 38.1 Å². The van der Waals surface area contributed by atoms with Crippen molar-refractivity contribution in [3.63, 3.8) is 0 Å². The van der Waals surface area contributed by atoms with Crippen molar-refractivity contribution in [1.82, 2.24) is 10.6 Å². The molecule has 35 heavy (non-hydrogen) atoms. The number of carboxylic acids is 1. The Labute approximate surface area is 206 Å². The largest absolute Gasteiger partial charge is 0.481 e. The van der Waals surface area contributed by atoms with Crippen molar-refractivity contribution in [2.24, 2.45) is 23.7 Å². The summed E-state index contributed by atoms with van der Waals surface area (Å²) in [6.45, 7) is 4.89. The minimum atomic E-state index is -0.767. The number of nitrogens with one attached hydrogen (secondary N) is 2. The minimum absolute atomic E-state index is 0.00947. The molecule has 0 saturated heterocycles. The second-order valence-electron chi connectivity index (χ2n) is 10.1. The van der Waals surface area contributed by atoms with E-state index in [2.05, 4.69) is 34.9 Å². The molecule has 1 saturated carbocycles. The van der Waals surface area contributed by atoms with Gasteiger partial charge >= 0.3 is 12.1 Å². The second kappa shape index (κ2) is 10.9. The number of benzene rings is 2. The zero-order chi connectivity index (χ0) is 24.9. The zero-order valence-corrected chi connectivity index (χ0v) is 20.3. The van der Waals surface area contributed by atoms with Crippen LogP contribution in [0.5, 0.6) is 0 Å². The molecule has 2 aliphatic rings. The van der Waals surface area contributed by atoms with Crippen molar-refractivity contribution in [3.8, 4) is 11.1 Å². The van der Waals surface area contributed by atoms with Crippen LogP contribution in [0.1, 0.15) is 50.2 Å². The lowest BCUT2D eigenvalue weighted by Crippen LogP contribution is -2.44. The van der Waals surface area contributed by atoms with Gasteiger partial charge in [-0.2, -0.15) is 0 Å². The number of carboxylic acid groups (broad SMARTS) is 1. The van der Waals surface area contributed by atoms with Crippen LogP contribution in [-0.2, 0) is 14.3 Å². The normalized spacial score (nSPS) is 19.3. The van der Waals surface area contributed by atoms with Gasteiger partial charge in [0.1, 0.15) is 6.61 Å². The Morgan fingerprint density at radius 1 is 0.943 bits per heavy atom. The number of ether oxygens (including phenoxy) is 1. The lowest BCUT2D eigenvalue weighted by atomic mass is 9.73. The Morgan fingerprint density at radius 2 is 1.54 bits per heavy atom. The third-order valence-corrected chi connectivity index (χ3v) is 7.31. The molecule has 1 atom stereocenters. The fraction of sp³-hybridized carbons (Fsp3) is 0.464. The van der Waals surface area contributed by atoms with Gasteiger partial charge in [-0.05, 0) is 52.8 Å². The molecular weight excluding hydrogens is 444 g/mol. The zero-order valence-electron chi connectivity index (χ0n) is 20.3. The maximum absolute atomic E-state index is 12.7. The van der Waals surface area contributed by atoms with E-state index in [4.69, 9.17) is 9.84 Å². The molecule has 2 aliphatic carbocycles. The summed E-state index contributed by atoms with van der Waals surface area (Å²) in [7, 11) is 0. The van der Waals surface area contributed by atoms with Crippen molar-refractivity contribution in [3.05, 3.63) is 59.7 Å². The number of carbonyl (C=O) groups is 3. The minimum Gasteiger partial charge on any atom is -0.481 e. The quantitative estimate of drug-likeness (QED) is 0.469. The summed E-state index contributed by atoms with van der Waals surface area (Å²) in [5.41, 5.74) is 4.66. The number of fused-ring (bicyclic) bond motifs is 3. The van der Waals surface area contributed by atoms with Gasteiger partial charge in [0.25, 0.3) is 0 Å². The third-order valence-electron chi connectivity index (χ3n) is 7.31. The van der Waals surface area contributed by atoms with Crippen molar-refractivity contribution in [1.29, 1.82) is 0 Å². The van der Waals surface area contributed by atoms with Gasteiger partial charge in [-0.15, -0.1) is 0 Å². The lowest BCUT2D eigenvalue weighted by molar-refractivity contribution is -0.139. The Morgan fingerprint density at radius 3 is 2.11 bits per heavy atom. The topological polar surface area (TPSA) is 105 Å². The first-order valence-electron chi connectivity index (χ1n) is 12.4. The lowest BCUT2D eigenvalue weighted by Gasteiger charge is -2.35. The van der Waals surface area contributed by atoms with Crippen molar-refractivity contribution in [2.75, 3.05) is 19.7 Å². The molecule has 0 bridgehead atoms. The van der Waals surface area contributed by atoms with Crippen LogP contribution in [0.25, 0.3) is 11.1 Å². The molecule has 0 aliphatic heterocycles. The van der Waals surface area contributed by atoms with Crippen LogP contribution in [0.4, 0.5) is 4.79 Å². The molecule has 0 heterocycles. The summed E-state index contributed by atoms with van der Waals surface area (Å²) in [5, 5.41) is 14.6. The number of aliphatic carboxylic acids is 1. The van der Waals surface area contributed by atoms with Crippen LogP contribution < -0.4 is 10.6 Å². The highest BCUT2D eigenvalue weighted by Gasteiger charge is 2.32. The molecule has 1 unspecified atom stereocenters. The standard InChI is InChI=1S/C28H34N2O5/c1-17(2)24(27(33)29-14-19-11-18(12-19)13-26(31)32)15-30-28(34)35-16-25-22-9-5-3-7-20(22)21-8-4-6-10-23(21)25/h3-10,17-19,24-25H,11-16H2,1-2H3,(H,29,33)(H,30,34)(H,31,32). The smallest absolute Gasteiger partial charge is 0.407 e. The first-order chi connectivity index (χ1) is 16.8. The van der Waals surface area contributed by atoms with Gasteiger partial charge in [-0.1, -0.05) is 62.4 Å². The molecule has 7 heteroatoms. The maximum Gasteiger partial charge on any atom is 0.407 e. The monoisotopic (exact) mass is 478 g/mol. The number of alkyl carbamates (subject to hydrolysis) is 1. The van der Waals surface area contributed by atoms with Crippen molar-refractivity contribution < 1.29 is 24.2 Å². The molecule has 1 fully saturated rings. The molecule has 3 N–H and O–H groups in total. The fourth-order valence-corrected chi connectivity index (χ4v) is 5.30. The van der Waals surface area contributed by atoms with Crippen LogP contribution >= 0.6 is 0 Å². The number of hydrogen-bond acceptors (Lipinski definition) is 4. The Hall–Kier alpha value is -3.35. The Bertz CT molecular complexity index is 1030. The molecule has 2 aromatic carbocycles. The molecule has 0 aromatic heterocycles. The average molecular weight is 479 g/mol. The van der Waals surface area contributed by atoms with Gasteiger partial charge in [0.2, 0.25) is 5.91 Å². The van der Waals surface area contributed by atoms with Gasteiger partial charge < -0.3 is 20.5 Å². The Balaban J connectivity index is 1.24. The van der Waals surface area contributed by atoms with E-state index in [0.717, 1.165) is 24.0 Å². The first kappa shape index (κ1) is 24.8. The maximum atomic E-state index is 12.7. The summed E-state index contributed by atoms with van der Waals surface area (Å²) in [6, 6.07) is 16.4. The SMILES string of the molecule is CC(C)C(CNC(=O)OCC1c2ccccc2-c2ccccc21)C(=O)NCC1CC(CC(=O)O)C1. The van der Waals surface area contributed by atoms with Crippen LogP contribution in [-0.4, -0.2) is 42.8 Å². The van der Waals surface area contributed by atoms with Crippen molar-refractivity contribution in [2.45, 2.75) is 39.0 Å². The predicted molar refractivity (Wildman–Crippen MR) is 133 cm³/mol. The number of carbonyl (C=O) groups excluding carboxylic acids is 2. The van der Waals surface area contributed by atoms with Crippen LogP contribution in [0.15, 0.2) is 48.5 Å². The van der Waals surface area contributed by atoms with Gasteiger partial charge in [0.15, 0.2) is 0 Å². The molecule has 0 spiro atoms. The summed E-state index contributed by atoms with van der Waals surface area (Å²) in [5.74, 6) is -0.658. The highest BCUT2D eigenvalue weighted by Crippen LogP contribution is 2.44. The van der Waals surface area contributed by atoms with Gasteiger partial charge in [0.05, 0.1) is 5.92 Å². The molecule has 7 nitrogen and oxygen atoms in total. The summed E-state index contributed by atoms with van der Waals surface area (Å²) < 4.78 is 5.59. The molecule has 4 rings (SSSR count). The van der Waals surface area contributed by atoms with Gasteiger partial charge in [0, 0.05) is 25.4 Å². The van der Waals surface area contributed by atoms with E-state index in [9.17, 15) is 14.4 Å². The first-order valence-corrected chi connectivity index (χ1v) is 12.4. The van der Waals surface area contributed by atoms with E-state index in [1.54, 1.807) is 0 Å². The van der Waals surface area contributed by atoms with E-state index in [1.165, 1.54) is 11.1 Å². The van der Waals surface area contributed by atoms with E-state index in [-0.39, 0.29) is 49.2 Å². The average Bonchev–Trinajstić information content (AvgIpc) is 3.12. The van der Waals surface area contributed by atoms with Crippen molar-refractivity contribution >= 4 is 18.0 Å². The number of amides is 2. The van der Waals surface area contributed by atoms with E-state index in [0.29, 0.717) is 12.5 Å². The van der Waals surface area contributed by atoms with Gasteiger partial charge in [-0.25, -0.2) is 4.79 Å². The van der Waals surface area contributed by atoms with E-state index >= 15 is 0 Å². The third kappa shape index (κ3) is 5.84. The predicted octanol–water partition coefficient (Wildman–Crippen LogP) is 4.41. The molecule has 2 aromatic rings. The van der Waals surface area contributed by atoms with Crippen LogP contribution in [0.3, 0.4) is 0 Å². The van der Waals surface area contributed by atoms with Crippen LogP contribution in [0, 0.1) is 23.7 Å². The second-order valence-corrected chi connectivity index (χ2v) is 10.1. The summed E-state index contributed by atoms with van der Waals surface area (Å²) >= 11 is 0. The van der Waals surface area contributed by atoms with E-state index < -0.39 is 12.1 Å². The molecule has 2 amide bonds. The Kier molecular flexibility index (Phi) is 7.73. The molecule has 186 valence electrons. The molecule has 0 radical (unpaired) electrons. The number of hydrogen-bond donors (Lipinski definition) is 3.